The lowest BCUT2D eigenvalue weighted by Gasteiger charge is -2.30. The van der Waals surface area contributed by atoms with Crippen LogP contribution >= 0.6 is 0 Å². The molecule has 0 spiro atoms. The maximum Gasteiger partial charge on any atom is 0.290 e. The van der Waals surface area contributed by atoms with Gasteiger partial charge in [-0.1, -0.05) is 6.07 Å². The number of fused-ring (bicyclic) bond motifs is 2. The summed E-state index contributed by atoms with van der Waals surface area (Å²) in [5.41, 5.74) is 1.31. The molecule has 4 heterocycles. The van der Waals surface area contributed by atoms with Gasteiger partial charge in [0.15, 0.2) is 5.43 Å². The Kier molecular flexibility index (Phi) is 5.17. The third kappa shape index (κ3) is 3.47. The molecule has 5 rings (SSSR count). The molecule has 1 fully saturated rings. The predicted molar refractivity (Wildman–Crippen MR) is 113 cm³/mol. The molecular formula is C23H23N3O5. The first-order valence-electron chi connectivity index (χ1n) is 10.3. The molecule has 1 aromatic carbocycles. The number of carbonyl (C=O) groups excluding carboxylic acids is 1. The normalized spacial score (nSPS) is 19.1. The van der Waals surface area contributed by atoms with Crippen LogP contribution in [0.3, 0.4) is 0 Å². The second-order valence-electron chi connectivity index (χ2n) is 7.68. The Labute approximate surface area is 179 Å². The highest BCUT2D eigenvalue weighted by molar-refractivity contribution is 5.99. The second kappa shape index (κ2) is 8.13. The van der Waals surface area contributed by atoms with Gasteiger partial charge in [-0.15, -0.1) is 0 Å². The minimum Gasteiger partial charge on any atom is -0.497 e. The summed E-state index contributed by atoms with van der Waals surface area (Å²) in [6, 6.07) is 8.21. The number of aromatic nitrogens is 1. The van der Waals surface area contributed by atoms with Crippen molar-refractivity contribution in [3.8, 4) is 5.75 Å². The smallest absolute Gasteiger partial charge is 0.290 e. The van der Waals surface area contributed by atoms with Gasteiger partial charge in [-0.25, -0.2) is 0 Å². The van der Waals surface area contributed by atoms with Crippen molar-refractivity contribution in [2.75, 3.05) is 46.5 Å². The molecule has 31 heavy (non-hydrogen) atoms. The van der Waals surface area contributed by atoms with Crippen LogP contribution in [0.1, 0.15) is 27.7 Å². The van der Waals surface area contributed by atoms with Crippen LogP contribution in [0, 0.1) is 0 Å². The predicted octanol–water partition coefficient (Wildman–Crippen LogP) is 2.07. The minimum absolute atomic E-state index is 0.0987. The molecule has 1 amide bonds. The highest BCUT2D eigenvalue weighted by Crippen LogP contribution is 2.38. The van der Waals surface area contributed by atoms with E-state index >= 15 is 0 Å². The molecule has 0 radical (unpaired) electrons. The van der Waals surface area contributed by atoms with Crippen LogP contribution in [0.2, 0.25) is 0 Å². The van der Waals surface area contributed by atoms with E-state index in [1.807, 2.05) is 12.1 Å². The van der Waals surface area contributed by atoms with E-state index in [0.29, 0.717) is 48.6 Å². The maximum absolute atomic E-state index is 13.5. The van der Waals surface area contributed by atoms with Crippen LogP contribution in [0.4, 0.5) is 0 Å². The van der Waals surface area contributed by atoms with E-state index in [0.717, 1.165) is 18.7 Å². The van der Waals surface area contributed by atoms with Gasteiger partial charge in [0.05, 0.1) is 37.3 Å². The molecule has 2 aromatic heterocycles. The van der Waals surface area contributed by atoms with Crippen molar-refractivity contribution in [3.05, 3.63) is 69.8 Å². The molecule has 0 aliphatic carbocycles. The zero-order valence-corrected chi connectivity index (χ0v) is 17.2. The summed E-state index contributed by atoms with van der Waals surface area (Å²) >= 11 is 0. The number of ether oxygens (including phenoxy) is 2. The third-order valence-electron chi connectivity index (χ3n) is 5.94. The van der Waals surface area contributed by atoms with E-state index in [4.69, 9.17) is 13.9 Å². The van der Waals surface area contributed by atoms with E-state index in [-0.39, 0.29) is 17.1 Å². The summed E-state index contributed by atoms with van der Waals surface area (Å²) in [6.45, 7) is 4.20. The van der Waals surface area contributed by atoms with Gasteiger partial charge in [0.1, 0.15) is 11.3 Å². The number of nitrogens with zero attached hydrogens (tertiary/aromatic N) is 3. The zero-order chi connectivity index (χ0) is 21.4. The van der Waals surface area contributed by atoms with Gasteiger partial charge in [0.25, 0.3) is 5.91 Å². The summed E-state index contributed by atoms with van der Waals surface area (Å²) in [7, 11) is 1.55. The van der Waals surface area contributed by atoms with Gasteiger partial charge in [-0.3, -0.25) is 19.5 Å². The summed E-state index contributed by atoms with van der Waals surface area (Å²) in [6.07, 6.45) is 3.38. The Balaban J connectivity index is 1.59. The van der Waals surface area contributed by atoms with E-state index in [1.54, 1.807) is 42.6 Å². The van der Waals surface area contributed by atoms with Crippen LogP contribution < -0.4 is 10.2 Å². The van der Waals surface area contributed by atoms with Crippen molar-refractivity contribution in [3.63, 3.8) is 0 Å². The maximum atomic E-state index is 13.5. The summed E-state index contributed by atoms with van der Waals surface area (Å²) in [5, 5.41) is 0.427. The van der Waals surface area contributed by atoms with Gasteiger partial charge >= 0.3 is 0 Å². The number of pyridine rings is 1. The Morgan fingerprint density at radius 3 is 2.74 bits per heavy atom. The number of hydrogen-bond donors (Lipinski definition) is 0. The monoisotopic (exact) mass is 421 g/mol. The fourth-order valence-corrected chi connectivity index (χ4v) is 4.31. The molecule has 3 aromatic rings. The fraction of sp³-hybridized carbons (Fsp3) is 0.348. The average molecular weight is 421 g/mol. The van der Waals surface area contributed by atoms with Crippen molar-refractivity contribution in [1.82, 2.24) is 14.8 Å². The second-order valence-corrected chi connectivity index (χ2v) is 7.68. The summed E-state index contributed by atoms with van der Waals surface area (Å²) in [5.74, 6) is 0.384. The molecule has 0 bridgehead atoms. The quantitative estimate of drug-likeness (QED) is 0.624. The van der Waals surface area contributed by atoms with Gasteiger partial charge in [-0.2, -0.15) is 0 Å². The lowest BCUT2D eigenvalue weighted by molar-refractivity contribution is 0.0314. The van der Waals surface area contributed by atoms with Crippen LogP contribution in [0.15, 0.2) is 51.9 Å². The molecule has 8 nitrogen and oxygen atoms in total. The van der Waals surface area contributed by atoms with Crippen LogP contribution in [-0.4, -0.2) is 67.2 Å². The van der Waals surface area contributed by atoms with Crippen LogP contribution in [0.5, 0.6) is 5.75 Å². The third-order valence-corrected chi connectivity index (χ3v) is 5.94. The number of carbonyl (C=O) groups is 1. The Morgan fingerprint density at radius 2 is 2.00 bits per heavy atom. The lowest BCUT2D eigenvalue weighted by atomic mass is 10.00. The minimum atomic E-state index is -0.528. The number of methoxy groups -OCH3 is 1. The van der Waals surface area contributed by atoms with Gasteiger partial charge in [0, 0.05) is 44.6 Å². The van der Waals surface area contributed by atoms with E-state index < -0.39 is 6.04 Å². The largest absolute Gasteiger partial charge is 0.497 e. The SMILES string of the molecule is COc1ccc2c(=O)c3c(oc2c1)C(=O)N(CCN1CCOCC1)[C@H]3c1cccnc1. The Morgan fingerprint density at radius 1 is 1.16 bits per heavy atom. The topological polar surface area (TPSA) is 85.1 Å². The van der Waals surface area contributed by atoms with Gasteiger partial charge in [-0.05, 0) is 23.8 Å². The summed E-state index contributed by atoms with van der Waals surface area (Å²) in [4.78, 5) is 35.1. The van der Waals surface area contributed by atoms with E-state index in [2.05, 4.69) is 9.88 Å². The van der Waals surface area contributed by atoms with Gasteiger partial charge in [0.2, 0.25) is 5.76 Å². The highest BCUT2D eigenvalue weighted by atomic mass is 16.5. The van der Waals surface area contributed by atoms with E-state index in [9.17, 15) is 9.59 Å². The van der Waals surface area contributed by atoms with Crippen LogP contribution in [-0.2, 0) is 4.74 Å². The first-order chi connectivity index (χ1) is 15.2. The Hall–Kier alpha value is -3.23. The van der Waals surface area contributed by atoms with Crippen molar-refractivity contribution >= 4 is 16.9 Å². The number of hydrogen-bond acceptors (Lipinski definition) is 7. The fourth-order valence-electron chi connectivity index (χ4n) is 4.31. The van der Waals surface area contributed by atoms with Crippen molar-refractivity contribution < 1.29 is 18.7 Å². The van der Waals surface area contributed by atoms with E-state index in [1.165, 1.54) is 0 Å². The number of rotatable bonds is 5. The Bertz CT molecular complexity index is 1170. The molecule has 160 valence electrons. The molecule has 1 saturated heterocycles. The number of benzene rings is 1. The molecule has 8 heteroatoms. The molecule has 2 aliphatic heterocycles. The lowest BCUT2D eigenvalue weighted by Crippen LogP contribution is -2.42. The molecule has 1 atom stereocenters. The average Bonchev–Trinajstić information content (AvgIpc) is 3.10. The van der Waals surface area contributed by atoms with Crippen molar-refractivity contribution in [2.45, 2.75) is 6.04 Å². The molecule has 2 aliphatic rings. The first-order valence-corrected chi connectivity index (χ1v) is 10.3. The molecule has 0 saturated carbocycles. The molecule has 0 N–H and O–H groups in total. The van der Waals surface area contributed by atoms with Crippen molar-refractivity contribution in [1.29, 1.82) is 0 Å². The highest BCUT2D eigenvalue weighted by Gasteiger charge is 2.42. The van der Waals surface area contributed by atoms with Crippen molar-refractivity contribution in [2.24, 2.45) is 0 Å². The first kappa shape index (κ1) is 19.7. The van der Waals surface area contributed by atoms with Gasteiger partial charge < -0.3 is 18.8 Å². The standard InChI is InChI=1S/C23H23N3O5/c1-29-16-4-5-17-18(13-16)31-22-19(21(17)27)20(15-3-2-6-24-14-15)26(23(22)28)8-7-25-9-11-30-12-10-25/h2-6,13-14,20H,7-12H2,1H3/t20-/m0/s1. The number of morpholine rings is 1. The summed E-state index contributed by atoms with van der Waals surface area (Å²) < 4.78 is 16.6. The molecular weight excluding hydrogens is 398 g/mol. The molecule has 0 unspecified atom stereocenters. The zero-order valence-electron chi connectivity index (χ0n) is 17.2. The van der Waals surface area contributed by atoms with Crippen LogP contribution in [0.25, 0.3) is 11.0 Å². The number of amides is 1.